The Kier molecular flexibility index (Phi) is 6.06. The second kappa shape index (κ2) is 8.91. The lowest BCUT2D eigenvalue weighted by molar-refractivity contribution is 0.102. The maximum Gasteiger partial charge on any atom is 0.257 e. The number of nitrogens with one attached hydrogen (secondary N) is 2. The molecule has 0 radical (unpaired) electrons. The Balaban J connectivity index is 1.57. The standard InChI is InChI=1S/C20H18N6O3S2/c21-13-17-18(16-6-1-2-7-23-16)24-20(30-17)25-19(27)14-4-3-5-15(12-14)31(28,29)26-10-8-22-9-11-26/h1-7,12,22H,8-11H2,(H,24,25,27). The number of benzene rings is 1. The number of hydrogen-bond acceptors (Lipinski definition) is 8. The summed E-state index contributed by atoms with van der Waals surface area (Å²) in [5.41, 5.74) is 1.10. The second-order valence-corrected chi connectivity index (χ2v) is 9.60. The van der Waals surface area contributed by atoms with Crippen LogP contribution in [0.1, 0.15) is 15.2 Å². The predicted octanol–water partition coefficient (Wildman–Crippen LogP) is 1.92. The van der Waals surface area contributed by atoms with Crippen molar-refractivity contribution in [1.82, 2.24) is 19.6 Å². The number of nitrogens with zero attached hydrogens (tertiary/aromatic N) is 4. The molecule has 0 spiro atoms. The van der Waals surface area contributed by atoms with E-state index in [1.165, 1.54) is 28.6 Å². The van der Waals surface area contributed by atoms with Gasteiger partial charge < -0.3 is 5.32 Å². The molecule has 9 nitrogen and oxygen atoms in total. The van der Waals surface area contributed by atoms with Gasteiger partial charge in [-0.05, 0) is 30.3 Å². The summed E-state index contributed by atoms with van der Waals surface area (Å²) in [7, 11) is -3.68. The molecule has 1 saturated heterocycles. The van der Waals surface area contributed by atoms with E-state index < -0.39 is 15.9 Å². The van der Waals surface area contributed by atoms with Gasteiger partial charge in [0.15, 0.2) is 5.13 Å². The SMILES string of the molecule is N#Cc1sc(NC(=O)c2cccc(S(=O)(=O)N3CCNCC3)c2)nc1-c1ccccn1. The molecular weight excluding hydrogens is 436 g/mol. The van der Waals surface area contributed by atoms with Crippen molar-refractivity contribution in [2.75, 3.05) is 31.5 Å². The van der Waals surface area contributed by atoms with Crippen molar-refractivity contribution in [3.63, 3.8) is 0 Å². The monoisotopic (exact) mass is 454 g/mol. The summed E-state index contributed by atoms with van der Waals surface area (Å²) in [6.45, 7) is 1.93. The lowest BCUT2D eigenvalue weighted by Gasteiger charge is -2.26. The molecule has 4 rings (SSSR count). The Morgan fingerprint density at radius 2 is 2.00 bits per heavy atom. The molecule has 2 N–H and O–H groups in total. The van der Waals surface area contributed by atoms with Crippen molar-refractivity contribution < 1.29 is 13.2 Å². The summed E-state index contributed by atoms with van der Waals surface area (Å²) >= 11 is 1.03. The van der Waals surface area contributed by atoms with Crippen LogP contribution in [0.25, 0.3) is 11.4 Å². The molecular formula is C20H18N6O3S2. The number of thiazole rings is 1. The zero-order valence-corrected chi connectivity index (χ0v) is 17.9. The number of anilines is 1. The predicted molar refractivity (Wildman–Crippen MR) is 116 cm³/mol. The van der Waals surface area contributed by atoms with Crippen LogP contribution in [0.3, 0.4) is 0 Å². The number of amides is 1. The minimum atomic E-state index is -3.68. The lowest BCUT2D eigenvalue weighted by atomic mass is 10.2. The van der Waals surface area contributed by atoms with Crippen molar-refractivity contribution in [2.24, 2.45) is 0 Å². The zero-order chi connectivity index (χ0) is 21.8. The summed E-state index contributed by atoms with van der Waals surface area (Å²) < 4.78 is 27.2. The van der Waals surface area contributed by atoms with Crippen molar-refractivity contribution in [3.05, 3.63) is 59.1 Å². The van der Waals surface area contributed by atoms with Crippen LogP contribution in [0.4, 0.5) is 5.13 Å². The third-order valence-corrected chi connectivity index (χ3v) is 7.44. The molecule has 0 saturated carbocycles. The molecule has 0 aliphatic carbocycles. The van der Waals surface area contributed by atoms with E-state index >= 15 is 0 Å². The largest absolute Gasteiger partial charge is 0.314 e. The molecule has 2 aromatic heterocycles. The number of pyridine rings is 1. The Labute approximate surface area is 183 Å². The van der Waals surface area contributed by atoms with Crippen LogP contribution in [0, 0.1) is 11.3 Å². The zero-order valence-electron chi connectivity index (χ0n) is 16.3. The van der Waals surface area contributed by atoms with Gasteiger partial charge in [0, 0.05) is 37.9 Å². The number of carbonyl (C=O) groups excluding carboxylic acids is 1. The number of hydrogen-bond donors (Lipinski definition) is 2. The molecule has 3 heterocycles. The Morgan fingerprint density at radius 3 is 2.71 bits per heavy atom. The van der Waals surface area contributed by atoms with E-state index in [0.717, 1.165) is 11.3 Å². The van der Waals surface area contributed by atoms with Crippen LogP contribution in [-0.4, -0.2) is 54.8 Å². The van der Waals surface area contributed by atoms with Gasteiger partial charge in [0.1, 0.15) is 16.6 Å². The quantitative estimate of drug-likeness (QED) is 0.603. The molecule has 3 aromatic rings. The summed E-state index contributed by atoms with van der Waals surface area (Å²) in [4.78, 5) is 21.7. The smallest absolute Gasteiger partial charge is 0.257 e. The fraction of sp³-hybridized carbons (Fsp3) is 0.200. The third kappa shape index (κ3) is 4.47. The highest BCUT2D eigenvalue weighted by Crippen LogP contribution is 2.29. The van der Waals surface area contributed by atoms with Gasteiger partial charge in [0.05, 0.1) is 10.6 Å². The molecule has 31 heavy (non-hydrogen) atoms. The van der Waals surface area contributed by atoms with Gasteiger partial charge in [0.2, 0.25) is 10.0 Å². The van der Waals surface area contributed by atoms with Crippen LogP contribution >= 0.6 is 11.3 Å². The summed E-state index contributed by atoms with van der Waals surface area (Å²) in [6, 6.07) is 13.2. The van der Waals surface area contributed by atoms with Crippen molar-refractivity contribution >= 4 is 32.4 Å². The second-order valence-electron chi connectivity index (χ2n) is 6.66. The molecule has 1 fully saturated rings. The van der Waals surface area contributed by atoms with Crippen molar-refractivity contribution in [1.29, 1.82) is 5.26 Å². The van der Waals surface area contributed by atoms with Gasteiger partial charge >= 0.3 is 0 Å². The average molecular weight is 455 g/mol. The number of aromatic nitrogens is 2. The number of sulfonamides is 1. The molecule has 158 valence electrons. The van der Waals surface area contributed by atoms with Crippen LogP contribution in [-0.2, 0) is 10.0 Å². The summed E-state index contributed by atoms with van der Waals surface area (Å²) in [5.74, 6) is -0.511. The number of nitriles is 1. The minimum absolute atomic E-state index is 0.0630. The Hall–Kier alpha value is -3.17. The van der Waals surface area contributed by atoms with E-state index in [0.29, 0.717) is 42.4 Å². The van der Waals surface area contributed by atoms with Gasteiger partial charge in [-0.25, -0.2) is 13.4 Å². The molecule has 0 atom stereocenters. The van der Waals surface area contributed by atoms with E-state index in [4.69, 9.17) is 0 Å². The molecule has 0 unspecified atom stereocenters. The molecule has 1 amide bonds. The number of rotatable bonds is 5. The van der Waals surface area contributed by atoms with Crippen molar-refractivity contribution in [2.45, 2.75) is 4.90 Å². The highest BCUT2D eigenvalue weighted by Gasteiger charge is 2.26. The first-order valence-corrected chi connectivity index (χ1v) is 11.7. The topological polar surface area (TPSA) is 128 Å². The first-order chi connectivity index (χ1) is 15.0. The van der Waals surface area contributed by atoms with Gasteiger partial charge in [-0.15, -0.1) is 0 Å². The van der Waals surface area contributed by atoms with E-state index in [1.807, 2.05) is 0 Å². The van der Waals surface area contributed by atoms with Gasteiger partial charge in [-0.2, -0.15) is 9.57 Å². The third-order valence-electron chi connectivity index (χ3n) is 4.67. The molecule has 1 aliphatic heterocycles. The fourth-order valence-corrected chi connectivity index (χ4v) is 5.38. The first kappa shape index (κ1) is 21.1. The maximum atomic E-state index is 12.9. The lowest BCUT2D eigenvalue weighted by Crippen LogP contribution is -2.46. The normalized spacial score (nSPS) is 14.7. The molecule has 1 aliphatic rings. The van der Waals surface area contributed by atoms with Crippen LogP contribution < -0.4 is 10.6 Å². The van der Waals surface area contributed by atoms with Crippen LogP contribution in [0.5, 0.6) is 0 Å². The molecule has 11 heteroatoms. The van der Waals surface area contributed by atoms with E-state index in [9.17, 15) is 18.5 Å². The Bertz CT molecular complexity index is 1250. The first-order valence-electron chi connectivity index (χ1n) is 9.43. The number of piperazine rings is 1. The van der Waals surface area contributed by atoms with E-state index in [2.05, 4.69) is 26.7 Å². The van der Waals surface area contributed by atoms with Gasteiger partial charge in [-0.3, -0.25) is 15.1 Å². The summed E-state index contributed by atoms with van der Waals surface area (Å²) in [6.07, 6.45) is 1.60. The Morgan fingerprint density at radius 1 is 1.19 bits per heavy atom. The molecule has 1 aromatic carbocycles. The van der Waals surface area contributed by atoms with E-state index in [1.54, 1.807) is 24.4 Å². The minimum Gasteiger partial charge on any atom is -0.314 e. The number of carbonyl (C=O) groups is 1. The fourth-order valence-electron chi connectivity index (χ4n) is 3.13. The van der Waals surface area contributed by atoms with E-state index in [-0.39, 0.29) is 15.6 Å². The van der Waals surface area contributed by atoms with Crippen molar-refractivity contribution in [3.8, 4) is 17.5 Å². The highest BCUT2D eigenvalue weighted by atomic mass is 32.2. The molecule has 0 bridgehead atoms. The van der Waals surface area contributed by atoms with Crippen LogP contribution in [0.2, 0.25) is 0 Å². The average Bonchev–Trinajstić information content (AvgIpc) is 3.23. The van der Waals surface area contributed by atoms with Gasteiger partial charge in [-0.1, -0.05) is 23.5 Å². The summed E-state index contributed by atoms with van der Waals surface area (Å²) in [5, 5.41) is 15.4. The van der Waals surface area contributed by atoms with Crippen LogP contribution in [0.15, 0.2) is 53.6 Å². The maximum absolute atomic E-state index is 12.9. The highest BCUT2D eigenvalue weighted by molar-refractivity contribution is 7.89. The van der Waals surface area contributed by atoms with Gasteiger partial charge in [0.25, 0.3) is 5.91 Å².